The van der Waals surface area contributed by atoms with Crippen LogP contribution < -0.4 is 5.32 Å². The molecule has 3 aromatic carbocycles. The zero-order chi connectivity index (χ0) is 22.8. The largest absolute Gasteiger partial charge is 0.508 e. The molecule has 7 nitrogen and oxygen atoms in total. The van der Waals surface area contributed by atoms with Crippen LogP contribution in [0.1, 0.15) is 34.5 Å². The van der Waals surface area contributed by atoms with Gasteiger partial charge in [-0.05, 0) is 60.9 Å². The first-order valence-electron chi connectivity index (χ1n) is 9.76. The third-order valence-electron chi connectivity index (χ3n) is 4.54. The van der Waals surface area contributed by atoms with Crippen molar-refractivity contribution in [1.82, 2.24) is 5.32 Å². The average molecular weight is 425 g/mol. The molecule has 0 spiro atoms. The summed E-state index contributed by atoms with van der Waals surface area (Å²) in [5.41, 5.74) is 1.96. The smallest absolute Gasteiger partial charge is 0.335 e. The molecule has 0 aliphatic rings. The van der Waals surface area contributed by atoms with Gasteiger partial charge >= 0.3 is 5.97 Å². The van der Waals surface area contributed by atoms with Crippen molar-refractivity contribution in [2.24, 2.45) is 0 Å². The van der Waals surface area contributed by atoms with Crippen molar-refractivity contribution in [3.05, 3.63) is 89.5 Å². The first-order chi connectivity index (χ1) is 14.8. The van der Waals surface area contributed by atoms with E-state index in [2.05, 4.69) is 5.32 Å². The average Bonchev–Trinajstić information content (AvgIpc) is 2.76. The lowest BCUT2D eigenvalue weighted by molar-refractivity contribution is 0.0697. The van der Waals surface area contributed by atoms with E-state index in [9.17, 15) is 25.2 Å². The fraction of sp³-hybridized carbons (Fsp3) is 0.208. The second kappa shape index (κ2) is 11.6. The number of hydrogen-bond acceptors (Lipinski definition) is 6. The van der Waals surface area contributed by atoms with Gasteiger partial charge in [0.1, 0.15) is 5.75 Å². The van der Waals surface area contributed by atoms with Crippen LogP contribution in [0.4, 0.5) is 0 Å². The van der Waals surface area contributed by atoms with Crippen molar-refractivity contribution >= 4 is 5.97 Å². The van der Waals surface area contributed by atoms with E-state index < -0.39 is 12.1 Å². The van der Waals surface area contributed by atoms with Crippen LogP contribution in [0.25, 0.3) is 0 Å². The molecule has 0 bridgehead atoms. The second-order valence-corrected chi connectivity index (χ2v) is 7.11. The summed E-state index contributed by atoms with van der Waals surface area (Å²) in [4.78, 5) is 10.2. The Labute approximate surface area is 180 Å². The predicted octanol–water partition coefficient (Wildman–Crippen LogP) is 3.44. The number of aliphatic hydroxyl groups excluding tert-OH is 1. The van der Waals surface area contributed by atoms with Crippen LogP contribution in [0.5, 0.6) is 17.2 Å². The first-order valence-corrected chi connectivity index (χ1v) is 9.76. The van der Waals surface area contributed by atoms with Crippen molar-refractivity contribution in [3.8, 4) is 17.2 Å². The molecule has 0 saturated carbocycles. The predicted molar refractivity (Wildman–Crippen MR) is 117 cm³/mol. The first kappa shape index (κ1) is 23.7. The summed E-state index contributed by atoms with van der Waals surface area (Å²) in [7, 11) is 0. The lowest BCUT2D eigenvalue weighted by atomic mass is 10.1. The Morgan fingerprint density at radius 2 is 1.55 bits per heavy atom. The van der Waals surface area contributed by atoms with Crippen LogP contribution in [-0.2, 0) is 6.42 Å². The fourth-order valence-electron chi connectivity index (χ4n) is 2.82. The number of phenols is 3. The summed E-state index contributed by atoms with van der Waals surface area (Å²) < 4.78 is 0. The van der Waals surface area contributed by atoms with Gasteiger partial charge in [-0.15, -0.1) is 0 Å². The summed E-state index contributed by atoms with van der Waals surface area (Å²) in [6.07, 6.45) is 0.00200. The number of aromatic hydroxyl groups is 3. The van der Waals surface area contributed by atoms with Crippen LogP contribution >= 0.6 is 0 Å². The molecule has 7 heteroatoms. The molecule has 0 aromatic heterocycles. The molecule has 0 fully saturated rings. The highest BCUT2D eigenvalue weighted by atomic mass is 16.4. The van der Waals surface area contributed by atoms with E-state index in [0.29, 0.717) is 17.7 Å². The topological polar surface area (TPSA) is 130 Å². The Morgan fingerprint density at radius 1 is 0.903 bits per heavy atom. The fourth-order valence-corrected chi connectivity index (χ4v) is 2.82. The van der Waals surface area contributed by atoms with E-state index in [4.69, 9.17) is 5.11 Å². The van der Waals surface area contributed by atoms with Crippen LogP contribution in [-0.4, -0.2) is 44.1 Å². The van der Waals surface area contributed by atoms with Gasteiger partial charge in [-0.2, -0.15) is 0 Å². The van der Waals surface area contributed by atoms with Crippen molar-refractivity contribution in [2.45, 2.75) is 25.5 Å². The molecule has 164 valence electrons. The highest BCUT2D eigenvalue weighted by Gasteiger charge is 2.12. The van der Waals surface area contributed by atoms with Gasteiger partial charge in [-0.1, -0.05) is 36.4 Å². The Hall–Kier alpha value is -3.55. The van der Waals surface area contributed by atoms with E-state index >= 15 is 0 Å². The lowest BCUT2D eigenvalue weighted by Crippen LogP contribution is -2.32. The minimum Gasteiger partial charge on any atom is -0.508 e. The van der Waals surface area contributed by atoms with Gasteiger partial charge in [0, 0.05) is 12.6 Å². The molecule has 3 rings (SSSR count). The van der Waals surface area contributed by atoms with Crippen LogP contribution in [0.3, 0.4) is 0 Å². The van der Waals surface area contributed by atoms with Crippen LogP contribution in [0.15, 0.2) is 72.8 Å². The van der Waals surface area contributed by atoms with Crippen molar-refractivity contribution in [2.75, 3.05) is 6.54 Å². The molecule has 2 unspecified atom stereocenters. The number of carboxylic acids is 1. The number of phenolic OH excluding ortho intramolecular Hbond substituents is 3. The molecule has 2 atom stereocenters. The molecule has 0 amide bonds. The van der Waals surface area contributed by atoms with E-state index in [0.717, 1.165) is 12.0 Å². The number of aliphatic hydroxyl groups is 1. The Kier molecular flexibility index (Phi) is 8.87. The third-order valence-corrected chi connectivity index (χ3v) is 4.54. The third kappa shape index (κ3) is 8.00. The number of aromatic carboxylic acids is 1. The number of benzene rings is 3. The summed E-state index contributed by atoms with van der Waals surface area (Å²) >= 11 is 0. The maximum atomic E-state index is 10.2. The maximum Gasteiger partial charge on any atom is 0.335 e. The molecule has 6 N–H and O–H groups in total. The Bertz CT molecular complexity index is 960. The quantitative estimate of drug-likeness (QED) is 0.320. The molecule has 0 aliphatic heterocycles. The van der Waals surface area contributed by atoms with Crippen LogP contribution in [0.2, 0.25) is 0 Å². The van der Waals surface area contributed by atoms with Gasteiger partial charge in [0.25, 0.3) is 0 Å². The summed E-state index contributed by atoms with van der Waals surface area (Å²) in [5, 5.41) is 49.7. The van der Waals surface area contributed by atoms with Gasteiger partial charge < -0.3 is 30.8 Å². The van der Waals surface area contributed by atoms with Crippen molar-refractivity contribution in [1.29, 1.82) is 0 Å². The van der Waals surface area contributed by atoms with Gasteiger partial charge in [-0.25, -0.2) is 4.79 Å². The Balaban J connectivity index is 0.000000316. The summed E-state index contributed by atoms with van der Waals surface area (Å²) in [6.45, 7) is 2.34. The number of rotatable bonds is 7. The highest BCUT2D eigenvalue weighted by molar-refractivity contribution is 5.87. The number of hydrogen-bond donors (Lipinski definition) is 6. The van der Waals surface area contributed by atoms with Crippen molar-refractivity contribution < 1.29 is 30.3 Å². The molecule has 0 aliphatic carbocycles. The van der Waals surface area contributed by atoms with E-state index in [-0.39, 0.29) is 23.3 Å². The highest BCUT2D eigenvalue weighted by Crippen LogP contribution is 2.27. The zero-order valence-corrected chi connectivity index (χ0v) is 17.1. The van der Waals surface area contributed by atoms with Gasteiger partial charge in [0.15, 0.2) is 11.5 Å². The monoisotopic (exact) mass is 425 g/mol. The normalized spacial score (nSPS) is 12.3. The molecular weight excluding hydrogens is 398 g/mol. The molecule has 31 heavy (non-hydrogen) atoms. The number of carbonyl (C=O) groups is 1. The van der Waals surface area contributed by atoms with E-state index in [1.54, 1.807) is 48.5 Å². The zero-order valence-electron chi connectivity index (χ0n) is 17.1. The molecule has 0 heterocycles. The number of carboxylic acid groups (broad SMARTS) is 1. The molecule has 3 aromatic rings. The van der Waals surface area contributed by atoms with Crippen molar-refractivity contribution in [3.63, 3.8) is 0 Å². The van der Waals surface area contributed by atoms with E-state index in [1.165, 1.54) is 12.1 Å². The minimum atomic E-state index is -0.879. The minimum absolute atomic E-state index is 0.143. The lowest BCUT2D eigenvalue weighted by Gasteiger charge is -2.18. The van der Waals surface area contributed by atoms with Gasteiger partial charge in [0.2, 0.25) is 0 Å². The van der Waals surface area contributed by atoms with Crippen LogP contribution in [0, 0.1) is 0 Å². The maximum absolute atomic E-state index is 10.2. The molecular formula is C24H27NO6. The Morgan fingerprint density at radius 3 is 2.10 bits per heavy atom. The number of nitrogens with one attached hydrogen (secondary N) is 1. The van der Waals surface area contributed by atoms with Gasteiger partial charge in [0.05, 0.1) is 11.7 Å². The molecule has 0 saturated heterocycles. The SMILES string of the molecule is CC(Cc1ccc(O)cc1)NCC(O)c1ccc(O)c(O)c1.O=C(O)c1ccccc1. The summed E-state index contributed by atoms with van der Waals surface area (Å²) in [6, 6.07) is 19.7. The summed E-state index contributed by atoms with van der Waals surface area (Å²) in [5.74, 6) is -1.08. The van der Waals surface area contributed by atoms with E-state index in [1.807, 2.05) is 19.1 Å². The standard InChI is InChI=1S/C17H21NO4.C7H6O2/c1-11(8-12-2-5-14(19)6-3-12)18-10-17(22)13-4-7-15(20)16(21)9-13;8-7(9)6-4-2-1-3-5-6/h2-7,9,11,17-22H,8,10H2,1H3;1-5H,(H,8,9). The second-order valence-electron chi connectivity index (χ2n) is 7.11. The van der Waals surface area contributed by atoms with Gasteiger partial charge in [-0.3, -0.25) is 0 Å². The molecule has 0 radical (unpaired) electrons.